The van der Waals surface area contributed by atoms with Gasteiger partial charge in [0, 0.05) is 19.0 Å². The molecule has 4 amide bonds. The summed E-state index contributed by atoms with van der Waals surface area (Å²) >= 11 is 0. The Morgan fingerprint density at radius 3 is 2.39 bits per heavy atom. The van der Waals surface area contributed by atoms with Gasteiger partial charge in [-0.3, -0.25) is 19.2 Å². The molecule has 0 aromatic carbocycles. The Labute approximate surface area is 208 Å². The van der Waals surface area contributed by atoms with Crippen LogP contribution in [0.3, 0.4) is 0 Å². The molecule has 0 aromatic heterocycles. The number of nitrogens with zero attached hydrogens (tertiary/aromatic N) is 1. The fourth-order valence-corrected chi connectivity index (χ4v) is 6.57. The number of hydrogen-bond acceptors (Lipinski definition) is 5. The summed E-state index contributed by atoms with van der Waals surface area (Å²) in [5.41, 5.74) is 5.92. The van der Waals surface area contributed by atoms with Gasteiger partial charge in [0.1, 0.15) is 12.1 Å². The predicted molar refractivity (Wildman–Crippen MR) is 123 cm³/mol. The molecular weight excluding hydrogens is 479 g/mol. The lowest BCUT2D eigenvalue weighted by Crippen LogP contribution is -2.60. The number of halogens is 3. The van der Waals surface area contributed by atoms with E-state index in [2.05, 4.69) is 10.6 Å². The van der Waals surface area contributed by atoms with Crippen LogP contribution in [0.5, 0.6) is 0 Å². The van der Waals surface area contributed by atoms with E-state index in [0.29, 0.717) is 25.8 Å². The van der Waals surface area contributed by atoms with Gasteiger partial charge in [0.05, 0.1) is 6.17 Å². The maximum absolute atomic E-state index is 13.7. The first-order chi connectivity index (χ1) is 16.8. The van der Waals surface area contributed by atoms with Gasteiger partial charge in [0.15, 0.2) is 0 Å². The minimum Gasteiger partial charge on any atom is -0.356 e. The van der Waals surface area contributed by atoms with Gasteiger partial charge in [-0.1, -0.05) is 33.1 Å². The molecule has 36 heavy (non-hydrogen) atoms. The first-order valence-electron chi connectivity index (χ1n) is 12.8. The lowest BCUT2D eigenvalue weighted by molar-refractivity contribution is -0.176. The fraction of sp³-hybridized carbons (Fsp3) is 0.833. The zero-order chi connectivity index (χ0) is 26.4. The molecular formula is C24H36F3N5O4. The number of fused-ring (bicyclic) bond motifs is 1. The van der Waals surface area contributed by atoms with Crippen molar-refractivity contribution in [2.24, 2.45) is 34.8 Å². The average Bonchev–Trinajstić information content (AvgIpc) is 3.16. The number of hydrogen-bond donors (Lipinski definition) is 4. The SMILES string of the molecule is CC1(C)[C@@H]2[C@@H](C(=O)N[C@H](N)C[C@@H]3CCNC3=O)N(C(=O)C(NC(=O)C(F)(F)F)C3CCCCC3)C[C@@H]21. The van der Waals surface area contributed by atoms with E-state index >= 15 is 0 Å². The Bertz CT molecular complexity index is 905. The van der Waals surface area contributed by atoms with E-state index in [4.69, 9.17) is 5.73 Å². The van der Waals surface area contributed by atoms with Crippen LogP contribution < -0.4 is 21.7 Å². The molecule has 0 radical (unpaired) electrons. The van der Waals surface area contributed by atoms with Crippen LogP contribution in [-0.2, 0) is 19.2 Å². The molecule has 202 valence electrons. The van der Waals surface area contributed by atoms with Gasteiger partial charge in [-0.05, 0) is 48.9 Å². The van der Waals surface area contributed by atoms with Gasteiger partial charge in [0.25, 0.3) is 0 Å². The van der Waals surface area contributed by atoms with E-state index in [0.717, 1.165) is 19.3 Å². The number of likely N-dealkylation sites (tertiary alicyclic amines) is 1. The number of carbonyl (C=O) groups excluding carboxylic acids is 4. The van der Waals surface area contributed by atoms with Gasteiger partial charge < -0.3 is 26.6 Å². The molecule has 4 rings (SSSR count). The number of alkyl halides is 3. The first-order valence-corrected chi connectivity index (χ1v) is 12.8. The summed E-state index contributed by atoms with van der Waals surface area (Å²) in [4.78, 5) is 52.1. The molecule has 9 nitrogen and oxygen atoms in total. The molecule has 2 heterocycles. The van der Waals surface area contributed by atoms with Crippen LogP contribution in [0.15, 0.2) is 0 Å². The Kier molecular flexibility index (Phi) is 7.29. The largest absolute Gasteiger partial charge is 0.471 e. The molecule has 4 fully saturated rings. The maximum atomic E-state index is 13.7. The van der Waals surface area contributed by atoms with E-state index in [1.165, 1.54) is 4.90 Å². The second-order valence-electron chi connectivity index (χ2n) is 11.4. The molecule has 5 N–H and O–H groups in total. The van der Waals surface area contributed by atoms with Gasteiger partial charge >= 0.3 is 12.1 Å². The van der Waals surface area contributed by atoms with Crippen molar-refractivity contribution < 1.29 is 32.3 Å². The normalized spacial score (nSPS) is 31.3. The third kappa shape index (κ3) is 5.19. The molecule has 2 aliphatic carbocycles. The highest BCUT2D eigenvalue weighted by Crippen LogP contribution is 2.65. The molecule has 2 aliphatic heterocycles. The van der Waals surface area contributed by atoms with Crippen LogP contribution in [0.25, 0.3) is 0 Å². The van der Waals surface area contributed by atoms with Gasteiger partial charge in [-0.2, -0.15) is 13.2 Å². The van der Waals surface area contributed by atoms with E-state index < -0.39 is 48.1 Å². The summed E-state index contributed by atoms with van der Waals surface area (Å²) in [5, 5.41) is 7.41. The molecule has 0 aromatic rings. The number of piperidine rings is 1. The summed E-state index contributed by atoms with van der Waals surface area (Å²) in [6.07, 6.45) is -1.52. The number of amides is 4. The zero-order valence-electron chi connectivity index (χ0n) is 20.7. The Morgan fingerprint density at radius 1 is 1.14 bits per heavy atom. The number of carbonyl (C=O) groups is 4. The lowest BCUT2D eigenvalue weighted by atomic mass is 9.83. The van der Waals surface area contributed by atoms with Crippen LogP contribution in [0.2, 0.25) is 0 Å². The lowest BCUT2D eigenvalue weighted by Gasteiger charge is -2.37. The first kappa shape index (κ1) is 26.7. The van der Waals surface area contributed by atoms with Gasteiger partial charge in [-0.25, -0.2) is 0 Å². The van der Waals surface area contributed by atoms with Crippen LogP contribution >= 0.6 is 0 Å². The van der Waals surface area contributed by atoms with Crippen molar-refractivity contribution in [2.75, 3.05) is 13.1 Å². The van der Waals surface area contributed by atoms with Crippen molar-refractivity contribution in [3.63, 3.8) is 0 Å². The number of nitrogens with two attached hydrogens (primary N) is 1. The third-order valence-electron chi connectivity index (χ3n) is 8.72. The Morgan fingerprint density at radius 2 is 1.81 bits per heavy atom. The molecule has 2 saturated carbocycles. The number of rotatable bonds is 7. The van der Waals surface area contributed by atoms with Crippen molar-refractivity contribution >= 4 is 23.6 Å². The summed E-state index contributed by atoms with van der Waals surface area (Å²) in [6.45, 7) is 4.79. The van der Waals surface area contributed by atoms with Gasteiger partial charge in [0.2, 0.25) is 17.7 Å². The van der Waals surface area contributed by atoms with Crippen LogP contribution in [-0.4, -0.2) is 66.0 Å². The molecule has 0 bridgehead atoms. The average molecular weight is 516 g/mol. The molecule has 1 unspecified atom stereocenters. The zero-order valence-corrected chi connectivity index (χ0v) is 20.7. The minimum atomic E-state index is -5.11. The third-order valence-corrected chi connectivity index (χ3v) is 8.72. The summed E-state index contributed by atoms with van der Waals surface area (Å²) < 4.78 is 39.3. The van der Waals surface area contributed by atoms with E-state index in [9.17, 15) is 32.3 Å². The van der Waals surface area contributed by atoms with E-state index in [1.54, 1.807) is 0 Å². The fourth-order valence-electron chi connectivity index (χ4n) is 6.57. The predicted octanol–water partition coefficient (Wildman–Crippen LogP) is 1.02. The number of nitrogens with one attached hydrogen (secondary N) is 3. The monoisotopic (exact) mass is 515 g/mol. The second kappa shape index (κ2) is 9.83. The molecule has 2 saturated heterocycles. The van der Waals surface area contributed by atoms with Crippen molar-refractivity contribution in [1.82, 2.24) is 20.9 Å². The highest BCUT2D eigenvalue weighted by molar-refractivity contribution is 5.94. The van der Waals surface area contributed by atoms with E-state index in [1.807, 2.05) is 19.2 Å². The minimum absolute atomic E-state index is 0.0272. The van der Waals surface area contributed by atoms with Crippen LogP contribution in [0, 0.1) is 29.1 Å². The smallest absolute Gasteiger partial charge is 0.356 e. The van der Waals surface area contributed by atoms with E-state index in [-0.39, 0.29) is 42.0 Å². The Hall–Kier alpha value is -2.37. The van der Waals surface area contributed by atoms with Crippen LogP contribution in [0.1, 0.15) is 58.8 Å². The van der Waals surface area contributed by atoms with Crippen molar-refractivity contribution in [2.45, 2.75) is 83.2 Å². The summed E-state index contributed by atoms with van der Waals surface area (Å²) in [5.74, 6) is -4.24. The molecule has 0 spiro atoms. The standard InChI is InChI=1S/C24H36F3N5O4/c1-23(2)14-11-32(18(16(14)23)20(34)30-15(28)10-13-8-9-29-19(13)33)21(35)17(12-6-4-3-5-7-12)31-22(36)24(25,26)27/h12-18H,3-11,28H2,1-2H3,(H,29,33)(H,30,34)(H,31,36)/t13-,14-,15-,16-,17?,18-/m0/s1. The molecule has 6 atom stereocenters. The van der Waals surface area contributed by atoms with Crippen molar-refractivity contribution in [3.05, 3.63) is 0 Å². The van der Waals surface area contributed by atoms with Crippen molar-refractivity contribution in [1.29, 1.82) is 0 Å². The van der Waals surface area contributed by atoms with Crippen LogP contribution in [0.4, 0.5) is 13.2 Å². The topological polar surface area (TPSA) is 134 Å². The highest BCUT2D eigenvalue weighted by Gasteiger charge is 2.69. The Balaban J connectivity index is 1.51. The maximum Gasteiger partial charge on any atom is 0.471 e. The summed E-state index contributed by atoms with van der Waals surface area (Å²) in [6, 6.07) is -2.24. The van der Waals surface area contributed by atoms with Crippen molar-refractivity contribution in [3.8, 4) is 0 Å². The second-order valence-corrected chi connectivity index (χ2v) is 11.4. The molecule has 4 aliphatic rings. The quantitative estimate of drug-likeness (QED) is 0.376. The highest BCUT2D eigenvalue weighted by atomic mass is 19.4. The van der Waals surface area contributed by atoms with Gasteiger partial charge in [-0.15, -0.1) is 0 Å². The molecule has 12 heteroatoms. The summed E-state index contributed by atoms with van der Waals surface area (Å²) in [7, 11) is 0.